The molecule has 0 aromatic heterocycles. The molecule has 1 amide bonds. The number of benzene rings is 1. The Balaban J connectivity index is 2.67. The van der Waals surface area contributed by atoms with E-state index < -0.39 is 0 Å². The normalized spacial score (nSPS) is 9.40. The molecule has 0 unspecified atom stereocenters. The molecule has 1 rings (SSSR count). The van der Waals surface area contributed by atoms with Gasteiger partial charge in [-0.25, -0.2) is 0 Å². The van der Waals surface area contributed by atoms with E-state index in [1.165, 1.54) is 0 Å². The van der Waals surface area contributed by atoms with Crippen LogP contribution in [-0.4, -0.2) is 12.5 Å². The van der Waals surface area contributed by atoms with Gasteiger partial charge in [-0.15, -0.1) is 12.3 Å². The molecule has 3 heteroatoms. The lowest BCUT2D eigenvalue weighted by Gasteiger charge is -2.04. The summed E-state index contributed by atoms with van der Waals surface area (Å²) in [4.78, 5) is 11.6. The zero-order valence-electron chi connectivity index (χ0n) is 8.51. The Morgan fingerprint density at radius 1 is 1.60 bits per heavy atom. The SMILES string of the molecule is C#CCCNC(=O)c1ccc(Cl)c(C)c1. The van der Waals surface area contributed by atoms with Crippen LogP contribution in [0.4, 0.5) is 0 Å². The zero-order valence-corrected chi connectivity index (χ0v) is 9.27. The monoisotopic (exact) mass is 221 g/mol. The van der Waals surface area contributed by atoms with Crippen LogP contribution in [0.1, 0.15) is 22.3 Å². The molecule has 0 bridgehead atoms. The molecule has 0 aliphatic rings. The molecule has 0 heterocycles. The third-order valence-electron chi connectivity index (χ3n) is 1.98. The van der Waals surface area contributed by atoms with Gasteiger partial charge in [0.15, 0.2) is 0 Å². The Morgan fingerprint density at radius 3 is 2.93 bits per heavy atom. The summed E-state index contributed by atoms with van der Waals surface area (Å²) in [6, 6.07) is 5.17. The van der Waals surface area contributed by atoms with Crippen molar-refractivity contribution in [2.45, 2.75) is 13.3 Å². The largest absolute Gasteiger partial charge is 0.351 e. The van der Waals surface area contributed by atoms with Gasteiger partial charge in [-0.2, -0.15) is 0 Å². The minimum absolute atomic E-state index is 0.120. The Kier molecular flexibility index (Phi) is 4.20. The van der Waals surface area contributed by atoms with Crippen LogP contribution in [0.25, 0.3) is 0 Å². The average Bonchev–Trinajstić information content (AvgIpc) is 2.22. The van der Waals surface area contributed by atoms with Gasteiger partial charge in [-0.3, -0.25) is 4.79 Å². The molecule has 2 nitrogen and oxygen atoms in total. The van der Waals surface area contributed by atoms with Crippen LogP contribution in [0.2, 0.25) is 5.02 Å². The third-order valence-corrected chi connectivity index (χ3v) is 2.40. The minimum atomic E-state index is -0.120. The number of carbonyl (C=O) groups excluding carboxylic acids is 1. The molecule has 0 spiro atoms. The van der Waals surface area contributed by atoms with Crippen LogP contribution in [0.3, 0.4) is 0 Å². The van der Waals surface area contributed by atoms with Gasteiger partial charge in [0.1, 0.15) is 0 Å². The van der Waals surface area contributed by atoms with Gasteiger partial charge in [-0.05, 0) is 30.7 Å². The maximum atomic E-state index is 11.6. The lowest BCUT2D eigenvalue weighted by molar-refractivity contribution is 0.0954. The van der Waals surface area contributed by atoms with E-state index in [0.717, 1.165) is 5.56 Å². The topological polar surface area (TPSA) is 29.1 Å². The van der Waals surface area contributed by atoms with E-state index in [1.54, 1.807) is 18.2 Å². The van der Waals surface area contributed by atoms with Crippen molar-refractivity contribution in [1.82, 2.24) is 5.32 Å². The first-order valence-corrected chi connectivity index (χ1v) is 5.00. The van der Waals surface area contributed by atoms with E-state index in [4.69, 9.17) is 18.0 Å². The predicted molar refractivity (Wildman–Crippen MR) is 62.0 cm³/mol. The molecule has 1 N–H and O–H groups in total. The number of hydrogen-bond acceptors (Lipinski definition) is 1. The fourth-order valence-corrected chi connectivity index (χ4v) is 1.25. The van der Waals surface area contributed by atoms with Gasteiger partial charge >= 0.3 is 0 Å². The number of halogens is 1. The van der Waals surface area contributed by atoms with Gasteiger partial charge in [0.2, 0.25) is 0 Å². The Hall–Kier alpha value is -1.46. The van der Waals surface area contributed by atoms with Crippen LogP contribution >= 0.6 is 11.6 Å². The van der Waals surface area contributed by atoms with Gasteiger partial charge in [0.05, 0.1) is 0 Å². The van der Waals surface area contributed by atoms with Crippen LogP contribution in [-0.2, 0) is 0 Å². The van der Waals surface area contributed by atoms with E-state index in [1.807, 2.05) is 6.92 Å². The lowest BCUT2D eigenvalue weighted by Crippen LogP contribution is -2.24. The van der Waals surface area contributed by atoms with Gasteiger partial charge in [0, 0.05) is 23.6 Å². The van der Waals surface area contributed by atoms with E-state index in [2.05, 4.69) is 11.2 Å². The number of terminal acetylenes is 1. The molecule has 78 valence electrons. The Morgan fingerprint density at radius 2 is 2.33 bits per heavy atom. The standard InChI is InChI=1S/C12H12ClNO/c1-3-4-7-14-12(15)10-5-6-11(13)9(2)8-10/h1,5-6,8H,4,7H2,2H3,(H,14,15). The lowest BCUT2D eigenvalue weighted by atomic mass is 10.1. The van der Waals surface area contributed by atoms with Crippen molar-refractivity contribution in [3.8, 4) is 12.3 Å². The Labute approximate surface area is 94.6 Å². The van der Waals surface area contributed by atoms with Crippen molar-refractivity contribution in [3.63, 3.8) is 0 Å². The van der Waals surface area contributed by atoms with Crippen molar-refractivity contribution in [1.29, 1.82) is 0 Å². The number of amides is 1. The van der Waals surface area contributed by atoms with Gasteiger partial charge in [0.25, 0.3) is 5.91 Å². The Bertz CT molecular complexity index is 407. The van der Waals surface area contributed by atoms with Crippen LogP contribution in [0.15, 0.2) is 18.2 Å². The molecule has 15 heavy (non-hydrogen) atoms. The molecule has 0 aliphatic heterocycles. The smallest absolute Gasteiger partial charge is 0.251 e. The highest BCUT2D eigenvalue weighted by atomic mass is 35.5. The molecule has 0 saturated carbocycles. The second kappa shape index (κ2) is 5.43. The van der Waals surface area contributed by atoms with Crippen LogP contribution in [0, 0.1) is 19.3 Å². The molecule has 0 saturated heterocycles. The van der Waals surface area contributed by atoms with Crippen molar-refractivity contribution in [2.24, 2.45) is 0 Å². The highest BCUT2D eigenvalue weighted by Gasteiger charge is 2.05. The van der Waals surface area contributed by atoms with E-state index in [-0.39, 0.29) is 5.91 Å². The molecular weight excluding hydrogens is 210 g/mol. The fourth-order valence-electron chi connectivity index (χ4n) is 1.14. The highest BCUT2D eigenvalue weighted by molar-refractivity contribution is 6.31. The summed E-state index contributed by atoms with van der Waals surface area (Å²) in [6.45, 7) is 2.36. The highest BCUT2D eigenvalue weighted by Crippen LogP contribution is 2.16. The maximum absolute atomic E-state index is 11.6. The number of carbonyl (C=O) groups is 1. The maximum Gasteiger partial charge on any atom is 0.251 e. The van der Waals surface area contributed by atoms with E-state index >= 15 is 0 Å². The van der Waals surface area contributed by atoms with Crippen molar-refractivity contribution < 1.29 is 4.79 Å². The number of hydrogen-bond donors (Lipinski definition) is 1. The van der Waals surface area contributed by atoms with Gasteiger partial charge in [-0.1, -0.05) is 11.6 Å². The second-order valence-corrected chi connectivity index (χ2v) is 3.58. The quantitative estimate of drug-likeness (QED) is 0.617. The first-order valence-electron chi connectivity index (χ1n) is 4.63. The second-order valence-electron chi connectivity index (χ2n) is 3.17. The minimum Gasteiger partial charge on any atom is -0.351 e. The molecule has 1 aromatic carbocycles. The first kappa shape index (κ1) is 11.6. The summed E-state index contributed by atoms with van der Waals surface area (Å²) in [7, 11) is 0. The summed E-state index contributed by atoms with van der Waals surface area (Å²) < 4.78 is 0. The molecule has 0 aliphatic carbocycles. The van der Waals surface area contributed by atoms with Crippen molar-refractivity contribution >= 4 is 17.5 Å². The number of nitrogens with one attached hydrogen (secondary N) is 1. The van der Waals surface area contributed by atoms with E-state index in [0.29, 0.717) is 23.6 Å². The summed E-state index contributed by atoms with van der Waals surface area (Å²) in [5.74, 6) is 2.34. The predicted octanol–water partition coefficient (Wildman–Crippen LogP) is 2.40. The molecular formula is C12H12ClNO. The average molecular weight is 222 g/mol. The molecule has 0 radical (unpaired) electrons. The molecule has 0 atom stereocenters. The third kappa shape index (κ3) is 3.30. The summed E-state index contributed by atoms with van der Waals surface area (Å²) in [5, 5.41) is 3.38. The first-order chi connectivity index (χ1) is 7.15. The molecule has 1 aromatic rings. The van der Waals surface area contributed by atoms with Crippen molar-refractivity contribution in [3.05, 3.63) is 34.3 Å². The van der Waals surface area contributed by atoms with Crippen LogP contribution in [0.5, 0.6) is 0 Å². The van der Waals surface area contributed by atoms with Crippen molar-refractivity contribution in [2.75, 3.05) is 6.54 Å². The zero-order chi connectivity index (χ0) is 11.3. The fraction of sp³-hybridized carbons (Fsp3) is 0.250. The van der Waals surface area contributed by atoms with Gasteiger partial charge < -0.3 is 5.32 Å². The van der Waals surface area contributed by atoms with E-state index in [9.17, 15) is 4.79 Å². The number of rotatable bonds is 3. The summed E-state index contributed by atoms with van der Waals surface area (Å²) >= 11 is 5.85. The number of aryl methyl sites for hydroxylation is 1. The summed E-state index contributed by atoms with van der Waals surface area (Å²) in [6.07, 6.45) is 5.62. The molecule has 0 fully saturated rings. The summed E-state index contributed by atoms with van der Waals surface area (Å²) in [5.41, 5.74) is 1.50. The van der Waals surface area contributed by atoms with Crippen LogP contribution < -0.4 is 5.32 Å².